The molecule has 0 atom stereocenters. The second-order valence-electron chi connectivity index (χ2n) is 4.85. The van der Waals surface area contributed by atoms with Crippen LogP contribution in [0.5, 0.6) is 0 Å². The molecule has 4 nitrogen and oxygen atoms in total. The Morgan fingerprint density at radius 3 is 2.67 bits per heavy atom. The molecule has 0 unspecified atom stereocenters. The number of hydrogen-bond acceptors (Lipinski definition) is 4. The van der Waals surface area contributed by atoms with Crippen LogP contribution in [0, 0.1) is 0 Å². The number of ether oxygens (including phenoxy) is 1. The van der Waals surface area contributed by atoms with Gasteiger partial charge in [0.2, 0.25) is 0 Å². The number of thioether (sulfide) groups is 1. The van der Waals surface area contributed by atoms with Crippen molar-refractivity contribution in [2.24, 2.45) is 0 Å². The fourth-order valence-electron chi connectivity index (χ4n) is 1.92. The minimum absolute atomic E-state index is 0.0226. The van der Waals surface area contributed by atoms with Gasteiger partial charge in [0.1, 0.15) is 0 Å². The van der Waals surface area contributed by atoms with Crippen molar-refractivity contribution in [1.29, 1.82) is 0 Å². The van der Waals surface area contributed by atoms with E-state index in [-0.39, 0.29) is 13.0 Å². The normalized spacial score (nSPS) is 10.3. The second-order valence-corrected chi connectivity index (χ2v) is 6.58. The maximum absolute atomic E-state index is 11.8. The van der Waals surface area contributed by atoms with Crippen molar-refractivity contribution in [3.05, 3.63) is 58.1 Å². The molecule has 0 aliphatic carbocycles. The summed E-state index contributed by atoms with van der Waals surface area (Å²) in [6.45, 7) is -0.354. The Hall–Kier alpha value is -1.69. The second kappa shape index (κ2) is 8.97. The number of carbonyl (C=O) groups excluding carboxylic acids is 2. The fourth-order valence-corrected chi connectivity index (χ4v) is 2.85. The number of hydrogen-bond donors (Lipinski definition) is 1. The van der Waals surface area contributed by atoms with Crippen molar-refractivity contribution in [1.82, 2.24) is 0 Å². The van der Waals surface area contributed by atoms with Gasteiger partial charge >= 0.3 is 5.97 Å². The highest BCUT2D eigenvalue weighted by atomic mass is 35.5. The van der Waals surface area contributed by atoms with Crippen LogP contribution in [0.4, 0.5) is 5.69 Å². The number of nitrogens with one attached hydrogen (secondary N) is 1. The van der Waals surface area contributed by atoms with E-state index < -0.39 is 11.9 Å². The van der Waals surface area contributed by atoms with Gasteiger partial charge in [-0.2, -0.15) is 0 Å². The Labute approximate surface area is 154 Å². The lowest BCUT2D eigenvalue weighted by Gasteiger charge is -2.08. The monoisotopic (exact) mass is 383 g/mol. The topological polar surface area (TPSA) is 55.4 Å². The predicted molar refractivity (Wildman–Crippen MR) is 98.0 cm³/mol. The summed E-state index contributed by atoms with van der Waals surface area (Å²) in [6, 6.07) is 12.2. The van der Waals surface area contributed by atoms with Crippen molar-refractivity contribution in [3.63, 3.8) is 0 Å². The number of carbonyl (C=O) groups is 2. The fraction of sp³-hybridized carbons (Fsp3) is 0.176. The van der Waals surface area contributed by atoms with Crippen LogP contribution < -0.4 is 5.32 Å². The molecule has 0 aromatic heterocycles. The van der Waals surface area contributed by atoms with E-state index in [0.29, 0.717) is 21.3 Å². The molecule has 0 spiro atoms. The Morgan fingerprint density at radius 2 is 1.96 bits per heavy atom. The van der Waals surface area contributed by atoms with E-state index in [1.807, 2.05) is 24.5 Å². The molecule has 24 heavy (non-hydrogen) atoms. The minimum atomic E-state index is -0.535. The summed E-state index contributed by atoms with van der Waals surface area (Å²) in [6.07, 6.45) is 1.93. The molecule has 0 bridgehead atoms. The zero-order chi connectivity index (χ0) is 17.5. The van der Waals surface area contributed by atoms with Gasteiger partial charge in [0.05, 0.1) is 6.42 Å². The molecule has 1 N–H and O–H groups in total. The SMILES string of the molecule is CSc1cccc(NC(=O)COC(=O)Cc2ccc(Cl)cc2Cl)c1. The zero-order valence-corrected chi connectivity index (χ0v) is 15.2. The highest BCUT2D eigenvalue weighted by molar-refractivity contribution is 7.98. The van der Waals surface area contributed by atoms with Crippen LogP contribution in [0.2, 0.25) is 10.0 Å². The molecule has 0 aliphatic rings. The number of halogens is 2. The molecule has 2 aromatic carbocycles. The van der Waals surface area contributed by atoms with Crippen molar-refractivity contribution in [3.8, 4) is 0 Å². The van der Waals surface area contributed by atoms with Gasteiger partial charge in [0.25, 0.3) is 5.91 Å². The summed E-state index contributed by atoms with van der Waals surface area (Å²) < 4.78 is 4.97. The van der Waals surface area contributed by atoms with Crippen LogP contribution in [-0.2, 0) is 20.7 Å². The summed E-state index contributed by atoms with van der Waals surface area (Å²) >= 11 is 13.4. The first kappa shape index (κ1) is 18.6. The lowest BCUT2D eigenvalue weighted by Crippen LogP contribution is -2.21. The Bertz CT molecular complexity index is 752. The van der Waals surface area contributed by atoms with Gasteiger partial charge in [-0.3, -0.25) is 9.59 Å². The molecule has 1 amide bonds. The van der Waals surface area contributed by atoms with E-state index in [9.17, 15) is 9.59 Å². The average Bonchev–Trinajstić information content (AvgIpc) is 2.56. The quantitative estimate of drug-likeness (QED) is 0.591. The van der Waals surface area contributed by atoms with Crippen LogP contribution in [0.25, 0.3) is 0 Å². The lowest BCUT2D eigenvalue weighted by molar-refractivity contribution is -0.146. The summed E-state index contributed by atoms with van der Waals surface area (Å²) in [7, 11) is 0. The largest absolute Gasteiger partial charge is 0.455 e. The van der Waals surface area contributed by atoms with Crippen molar-refractivity contribution in [2.75, 3.05) is 18.2 Å². The maximum Gasteiger partial charge on any atom is 0.310 e. The van der Waals surface area contributed by atoms with Gasteiger partial charge in [0.15, 0.2) is 6.61 Å². The smallest absolute Gasteiger partial charge is 0.310 e. The number of benzene rings is 2. The van der Waals surface area contributed by atoms with Crippen LogP contribution in [-0.4, -0.2) is 24.7 Å². The van der Waals surface area contributed by atoms with Gasteiger partial charge < -0.3 is 10.1 Å². The molecule has 0 radical (unpaired) electrons. The molecule has 2 aromatic rings. The summed E-state index contributed by atoms with van der Waals surface area (Å²) in [5.74, 6) is -0.934. The molecule has 0 saturated heterocycles. The highest BCUT2D eigenvalue weighted by Crippen LogP contribution is 2.21. The third-order valence-corrected chi connectivity index (χ3v) is 4.38. The number of esters is 1. The van der Waals surface area contributed by atoms with E-state index in [1.54, 1.807) is 36.0 Å². The Kier molecular flexibility index (Phi) is 6.97. The van der Waals surface area contributed by atoms with Crippen molar-refractivity contribution in [2.45, 2.75) is 11.3 Å². The van der Waals surface area contributed by atoms with Gasteiger partial charge in [-0.1, -0.05) is 35.3 Å². The molecule has 7 heteroatoms. The standard InChI is InChI=1S/C17H15Cl2NO3S/c1-24-14-4-2-3-13(9-14)20-16(21)10-23-17(22)7-11-5-6-12(18)8-15(11)19/h2-6,8-9H,7,10H2,1H3,(H,20,21). The number of anilines is 1. The molecule has 2 rings (SSSR count). The maximum atomic E-state index is 11.8. The van der Waals surface area contributed by atoms with Crippen LogP contribution in [0.15, 0.2) is 47.4 Å². The molecule has 0 fully saturated rings. The summed E-state index contributed by atoms with van der Waals surface area (Å²) in [4.78, 5) is 24.7. The van der Waals surface area contributed by atoms with Gasteiger partial charge in [-0.25, -0.2) is 0 Å². The van der Waals surface area contributed by atoms with E-state index in [1.165, 1.54) is 0 Å². The Morgan fingerprint density at radius 1 is 1.17 bits per heavy atom. The minimum Gasteiger partial charge on any atom is -0.455 e. The Balaban J connectivity index is 1.83. The predicted octanol–water partition coefficient (Wildman–Crippen LogP) is 4.44. The third-order valence-electron chi connectivity index (χ3n) is 3.07. The van der Waals surface area contributed by atoms with Crippen LogP contribution in [0.3, 0.4) is 0 Å². The van der Waals surface area contributed by atoms with E-state index in [2.05, 4.69) is 5.32 Å². The highest BCUT2D eigenvalue weighted by Gasteiger charge is 2.11. The van der Waals surface area contributed by atoms with E-state index in [0.717, 1.165) is 4.90 Å². The molecular formula is C17H15Cl2NO3S. The molecular weight excluding hydrogens is 369 g/mol. The van der Waals surface area contributed by atoms with Gasteiger partial charge in [-0.05, 0) is 42.2 Å². The van der Waals surface area contributed by atoms with E-state index in [4.69, 9.17) is 27.9 Å². The summed E-state index contributed by atoms with van der Waals surface area (Å²) in [5.41, 5.74) is 1.25. The number of rotatable bonds is 6. The first-order valence-electron chi connectivity index (χ1n) is 7.01. The first-order chi connectivity index (χ1) is 11.5. The molecule has 0 aliphatic heterocycles. The zero-order valence-electron chi connectivity index (χ0n) is 12.8. The van der Waals surface area contributed by atoms with Gasteiger partial charge in [0, 0.05) is 20.6 Å². The third kappa shape index (κ3) is 5.74. The van der Waals surface area contributed by atoms with Crippen LogP contribution >= 0.6 is 35.0 Å². The average molecular weight is 384 g/mol. The first-order valence-corrected chi connectivity index (χ1v) is 8.99. The van der Waals surface area contributed by atoms with Crippen molar-refractivity contribution < 1.29 is 14.3 Å². The van der Waals surface area contributed by atoms with Crippen LogP contribution in [0.1, 0.15) is 5.56 Å². The summed E-state index contributed by atoms with van der Waals surface area (Å²) in [5, 5.41) is 3.56. The van der Waals surface area contributed by atoms with Gasteiger partial charge in [-0.15, -0.1) is 11.8 Å². The lowest BCUT2D eigenvalue weighted by atomic mass is 10.1. The van der Waals surface area contributed by atoms with Crippen molar-refractivity contribution >= 4 is 52.5 Å². The number of amides is 1. The van der Waals surface area contributed by atoms with E-state index >= 15 is 0 Å². The molecule has 126 valence electrons. The molecule has 0 heterocycles. The molecule has 0 saturated carbocycles.